The number of carbonyl (C=O) groups is 1. The number of urea groups is 1. The first-order valence-corrected chi connectivity index (χ1v) is 10.2. The molecular weight excluding hydrogens is 324 g/mol. The number of hydrogen-bond acceptors (Lipinski definition) is 3. The molecule has 144 valence electrons. The molecule has 5 heteroatoms. The lowest BCUT2D eigenvalue weighted by Crippen LogP contribution is -2.48. The number of likely N-dealkylation sites (tertiary alicyclic amines) is 1. The van der Waals surface area contributed by atoms with Crippen LogP contribution in [0.5, 0.6) is 0 Å². The number of nitrogens with zero attached hydrogens (tertiary/aromatic N) is 2. The van der Waals surface area contributed by atoms with Crippen molar-refractivity contribution in [1.82, 2.24) is 15.5 Å². The minimum Gasteiger partial charge on any atom is -0.371 e. The van der Waals surface area contributed by atoms with Crippen molar-refractivity contribution in [3.8, 4) is 0 Å². The molecule has 5 nitrogen and oxygen atoms in total. The third-order valence-corrected chi connectivity index (χ3v) is 5.96. The van der Waals surface area contributed by atoms with Gasteiger partial charge in [0.2, 0.25) is 0 Å². The highest BCUT2D eigenvalue weighted by atomic mass is 16.2. The van der Waals surface area contributed by atoms with Crippen molar-refractivity contribution in [2.24, 2.45) is 11.8 Å². The summed E-state index contributed by atoms with van der Waals surface area (Å²) in [4.78, 5) is 17.0. The first-order chi connectivity index (χ1) is 12.6. The average molecular weight is 359 g/mol. The van der Waals surface area contributed by atoms with E-state index in [4.69, 9.17) is 0 Å². The molecule has 2 fully saturated rings. The molecule has 2 amide bonds. The lowest BCUT2D eigenvalue weighted by Gasteiger charge is -2.35. The first kappa shape index (κ1) is 19.0. The molecule has 0 radical (unpaired) electrons. The zero-order valence-corrected chi connectivity index (χ0v) is 16.3. The zero-order valence-electron chi connectivity index (χ0n) is 16.3. The van der Waals surface area contributed by atoms with E-state index in [1.807, 2.05) is 0 Å². The van der Waals surface area contributed by atoms with Gasteiger partial charge >= 0.3 is 6.03 Å². The van der Waals surface area contributed by atoms with Gasteiger partial charge in [-0.15, -0.1) is 0 Å². The summed E-state index contributed by atoms with van der Waals surface area (Å²) in [5.74, 6) is 1.37. The van der Waals surface area contributed by atoms with E-state index in [2.05, 4.69) is 64.6 Å². The Morgan fingerprint density at radius 3 is 2.58 bits per heavy atom. The molecule has 0 aromatic heterocycles. The van der Waals surface area contributed by atoms with Crippen molar-refractivity contribution in [2.45, 2.75) is 39.2 Å². The molecule has 2 aliphatic rings. The Balaban J connectivity index is 1.32. The summed E-state index contributed by atoms with van der Waals surface area (Å²) < 4.78 is 0. The Kier molecular flexibility index (Phi) is 6.78. The molecule has 0 spiro atoms. The van der Waals surface area contributed by atoms with Crippen LogP contribution in [0.25, 0.3) is 0 Å². The van der Waals surface area contributed by atoms with Crippen LogP contribution in [-0.4, -0.2) is 56.2 Å². The van der Waals surface area contributed by atoms with Gasteiger partial charge in [-0.25, -0.2) is 4.79 Å². The van der Waals surface area contributed by atoms with Gasteiger partial charge in [-0.2, -0.15) is 0 Å². The minimum absolute atomic E-state index is 0.0274. The number of amides is 2. The second-order valence-electron chi connectivity index (χ2n) is 8.09. The summed E-state index contributed by atoms with van der Waals surface area (Å²) in [7, 11) is 0. The van der Waals surface area contributed by atoms with Crippen LogP contribution in [0.15, 0.2) is 30.3 Å². The normalized spacial score (nSPS) is 23.0. The molecule has 1 aromatic rings. The summed E-state index contributed by atoms with van der Waals surface area (Å²) in [5, 5.41) is 6.12. The maximum atomic E-state index is 12.1. The van der Waals surface area contributed by atoms with Crippen molar-refractivity contribution in [3.05, 3.63) is 30.3 Å². The zero-order chi connectivity index (χ0) is 18.4. The fraction of sp³-hybridized carbons (Fsp3) is 0.667. The van der Waals surface area contributed by atoms with E-state index in [1.165, 1.54) is 18.5 Å². The summed E-state index contributed by atoms with van der Waals surface area (Å²) in [5.41, 5.74) is 1.28. The predicted molar refractivity (Wildman–Crippen MR) is 108 cm³/mol. The number of rotatable bonds is 6. The van der Waals surface area contributed by atoms with E-state index >= 15 is 0 Å². The third-order valence-electron chi connectivity index (χ3n) is 5.96. The third kappa shape index (κ3) is 5.37. The van der Waals surface area contributed by atoms with Crippen LogP contribution in [-0.2, 0) is 0 Å². The number of hydrogen-bond donors (Lipinski definition) is 2. The van der Waals surface area contributed by atoms with Crippen LogP contribution in [0.2, 0.25) is 0 Å². The van der Waals surface area contributed by atoms with Gasteiger partial charge < -0.3 is 15.5 Å². The molecule has 2 atom stereocenters. The van der Waals surface area contributed by atoms with Crippen LogP contribution < -0.4 is 15.5 Å². The van der Waals surface area contributed by atoms with Crippen LogP contribution in [0.4, 0.5) is 10.5 Å². The number of carbonyl (C=O) groups excluding carboxylic acids is 1. The van der Waals surface area contributed by atoms with E-state index in [0.717, 1.165) is 51.6 Å². The second-order valence-corrected chi connectivity index (χ2v) is 8.09. The van der Waals surface area contributed by atoms with Crippen molar-refractivity contribution in [2.75, 3.05) is 44.2 Å². The van der Waals surface area contributed by atoms with Gasteiger partial charge in [0.1, 0.15) is 0 Å². The van der Waals surface area contributed by atoms with Crippen LogP contribution >= 0.6 is 0 Å². The average Bonchev–Trinajstić information content (AvgIpc) is 3.15. The largest absolute Gasteiger partial charge is 0.371 e. The summed E-state index contributed by atoms with van der Waals surface area (Å²) >= 11 is 0. The molecule has 2 saturated heterocycles. The van der Waals surface area contributed by atoms with Crippen molar-refractivity contribution >= 4 is 11.7 Å². The molecule has 0 bridgehead atoms. The standard InChI is InChI=1S/C21H34N4O/c1-17-8-11-24(12-9-17)18(2)14-22-21(26)23-15-19-10-13-25(16-19)20-6-4-3-5-7-20/h3-7,17-19H,8-16H2,1-2H3,(H2,22,23,26). The summed E-state index contributed by atoms with van der Waals surface area (Å²) in [6.45, 7) is 10.4. The SMILES string of the molecule is CC1CCN(C(C)CNC(=O)NCC2CCN(c3ccccc3)C2)CC1. The highest BCUT2D eigenvalue weighted by molar-refractivity contribution is 5.73. The second kappa shape index (κ2) is 9.26. The number of para-hydroxylation sites is 1. The van der Waals surface area contributed by atoms with Crippen molar-refractivity contribution in [3.63, 3.8) is 0 Å². The topological polar surface area (TPSA) is 47.6 Å². The Labute approximate surface area is 158 Å². The highest BCUT2D eigenvalue weighted by Gasteiger charge is 2.23. The van der Waals surface area contributed by atoms with Crippen LogP contribution in [0, 0.1) is 11.8 Å². The monoisotopic (exact) mass is 358 g/mol. The van der Waals surface area contributed by atoms with Gasteiger partial charge in [-0.1, -0.05) is 25.1 Å². The molecule has 2 aliphatic heterocycles. The lowest BCUT2D eigenvalue weighted by molar-refractivity contribution is 0.145. The minimum atomic E-state index is -0.0274. The van der Waals surface area contributed by atoms with Gasteiger partial charge in [0, 0.05) is 37.9 Å². The van der Waals surface area contributed by atoms with Crippen LogP contribution in [0.1, 0.15) is 33.1 Å². The van der Waals surface area contributed by atoms with Crippen molar-refractivity contribution < 1.29 is 4.79 Å². The van der Waals surface area contributed by atoms with Gasteiger partial charge in [0.25, 0.3) is 0 Å². The van der Waals surface area contributed by atoms with E-state index in [0.29, 0.717) is 12.0 Å². The molecule has 26 heavy (non-hydrogen) atoms. The van der Waals surface area contributed by atoms with E-state index < -0.39 is 0 Å². The molecule has 0 saturated carbocycles. The molecule has 2 unspecified atom stereocenters. The van der Waals surface area contributed by atoms with Gasteiger partial charge in [-0.3, -0.25) is 4.90 Å². The number of anilines is 1. The van der Waals surface area contributed by atoms with E-state index in [1.54, 1.807) is 0 Å². The molecule has 0 aliphatic carbocycles. The van der Waals surface area contributed by atoms with Gasteiger partial charge in [0.15, 0.2) is 0 Å². The molecule has 3 rings (SSSR count). The lowest BCUT2D eigenvalue weighted by atomic mass is 9.98. The van der Waals surface area contributed by atoms with Gasteiger partial charge in [0.05, 0.1) is 0 Å². The smallest absolute Gasteiger partial charge is 0.314 e. The summed E-state index contributed by atoms with van der Waals surface area (Å²) in [6.07, 6.45) is 3.68. The Morgan fingerprint density at radius 2 is 1.85 bits per heavy atom. The fourth-order valence-electron chi connectivity index (χ4n) is 4.01. The van der Waals surface area contributed by atoms with E-state index in [9.17, 15) is 4.79 Å². The quantitative estimate of drug-likeness (QED) is 0.822. The molecule has 1 aromatic carbocycles. The summed E-state index contributed by atoms with van der Waals surface area (Å²) in [6, 6.07) is 10.9. The van der Waals surface area contributed by atoms with E-state index in [-0.39, 0.29) is 6.03 Å². The maximum Gasteiger partial charge on any atom is 0.314 e. The Bertz CT molecular complexity index is 556. The molecular formula is C21H34N4O. The van der Waals surface area contributed by atoms with Gasteiger partial charge in [-0.05, 0) is 63.2 Å². The molecule has 2 heterocycles. The number of benzene rings is 1. The van der Waals surface area contributed by atoms with Crippen LogP contribution in [0.3, 0.4) is 0 Å². The Morgan fingerprint density at radius 1 is 1.12 bits per heavy atom. The number of piperidine rings is 1. The highest BCUT2D eigenvalue weighted by Crippen LogP contribution is 2.23. The molecule has 2 N–H and O–H groups in total. The predicted octanol–water partition coefficient (Wildman–Crippen LogP) is 2.93. The maximum absolute atomic E-state index is 12.1. The first-order valence-electron chi connectivity index (χ1n) is 10.2. The Hall–Kier alpha value is -1.75. The van der Waals surface area contributed by atoms with Crippen molar-refractivity contribution in [1.29, 1.82) is 0 Å². The number of nitrogens with one attached hydrogen (secondary N) is 2. The fourth-order valence-corrected chi connectivity index (χ4v) is 4.01.